The number of hydrogen-bond acceptors (Lipinski definition) is 6. The van der Waals surface area contributed by atoms with Crippen LogP contribution in [-0.4, -0.2) is 38.8 Å². The number of halogens is 1. The number of carbonyl (C=O) groups is 2. The Balaban J connectivity index is 1.71. The van der Waals surface area contributed by atoms with E-state index in [-0.39, 0.29) is 11.2 Å². The van der Waals surface area contributed by atoms with Gasteiger partial charge < -0.3 is 19.8 Å². The fourth-order valence-electron chi connectivity index (χ4n) is 3.38. The first-order valence-corrected chi connectivity index (χ1v) is 10.9. The summed E-state index contributed by atoms with van der Waals surface area (Å²) >= 11 is 6.54. The van der Waals surface area contributed by atoms with E-state index < -0.39 is 11.9 Å². The highest BCUT2D eigenvalue weighted by molar-refractivity contribution is 6.34. The van der Waals surface area contributed by atoms with E-state index in [2.05, 4.69) is 20.5 Å². The Morgan fingerprint density at radius 2 is 1.88 bits per heavy atom. The molecular weight excluding hydrogens is 458 g/mol. The van der Waals surface area contributed by atoms with Crippen molar-refractivity contribution in [2.24, 2.45) is 0 Å². The predicted octanol–water partition coefficient (Wildman–Crippen LogP) is 4.86. The number of nitrogens with zero attached hydrogens (tertiary/aromatic N) is 3. The Kier molecular flexibility index (Phi) is 6.05. The molecule has 0 bridgehead atoms. The summed E-state index contributed by atoms with van der Waals surface area (Å²) in [6.07, 6.45) is 0. The van der Waals surface area contributed by atoms with Crippen molar-refractivity contribution in [2.45, 2.75) is 33.1 Å². The van der Waals surface area contributed by atoms with Gasteiger partial charge in [0.05, 0.1) is 18.5 Å². The molecule has 0 radical (unpaired) electrons. The maximum Gasteiger partial charge on any atom is 0.308 e. The third kappa shape index (κ3) is 4.60. The van der Waals surface area contributed by atoms with Gasteiger partial charge in [-0.25, -0.2) is 0 Å². The van der Waals surface area contributed by atoms with E-state index in [1.807, 2.05) is 20.8 Å². The first-order chi connectivity index (χ1) is 16.1. The minimum Gasteiger partial charge on any atom is -0.497 e. The van der Waals surface area contributed by atoms with Crippen LogP contribution in [0.4, 0.5) is 5.69 Å². The third-order valence-corrected chi connectivity index (χ3v) is 5.40. The van der Waals surface area contributed by atoms with E-state index in [1.54, 1.807) is 42.5 Å². The van der Waals surface area contributed by atoms with Crippen LogP contribution in [-0.2, 0) is 10.2 Å². The quantitative estimate of drug-likeness (QED) is 0.311. The van der Waals surface area contributed by atoms with Gasteiger partial charge in [-0.2, -0.15) is 5.10 Å². The molecule has 0 spiro atoms. The number of H-pyrrole nitrogens is 1. The second-order valence-electron chi connectivity index (χ2n) is 8.71. The molecule has 0 atom stereocenters. The lowest BCUT2D eigenvalue weighted by Gasteiger charge is -2.14. The summed E-state index contributed by atoms with van der Waals surface area (Å²) in [7, 11) is 1.52. The highest BCUT2D eigenvalue weighted by atomic mass is 35.5. The molecule has 4 rings (SSSR count). The molecular formula is C24H24ClN5O4. The number of amides is 1. The van der Waals surface area contributed by atoms with Crippen molar-refractivity contribution in [2.75, 3.05) is 12.4 Å². The van der Waals surface area contributed by atoms with Gasteiger partial charge >= 0.3 is 5.97 Å². The molecule has 176 valence electrons. The monoisotopic (exact) mass is 481 g/mol. The van der Waals surface area contributed by atoms with Crippen LogP contribution in [0.1, 0.15) is 43.7 Å². The van der Waals surface area contributed by atoms with Crippen molar-refractivity contribution in [1.82, 2.24) is 19.8 Å². The third-order valence-electron chi connectivity index (χ3n) is 5.04. The summed E-state index contributed by atoms with van der Waals surface area (Å²) in [6, 6.07) is 11.7. The van der Waals surface area contributed by atoms with Crippen molar-refractivity contribution in [3.05, 3.63) is 58.7 Å². The van der Waals surface area contributed by atoms with E-state index in [0.29, 0.717) is 39.1 Å². The van der Waals surface area contributed by atoms with Gasteiger partial charge in [-0.3, -0.25) is 9.59 Å². The number of aromatic amines is 1. The standard InChI is InChI=1S/C24H24ClN5O4/c1-13(31)34-18-10-9-14(12-17(18)26-23(32)15-7-6-8-16(11-15)33-5)21-27-22-19(25)20(24(2,3)4)28-30(22)29-21/h6-12H,1-5H3,(H,26,32)(H,27,29). The van der Waals surface area contributed by atoms with Crippen LogP contribution < -0.4 is 14.8 Å². The van der Waals surface area contributed by atoms with Crippen molar-refractivity contribution in [1.29, 1.82) is 0 Å². The second-order valence-corrected chi connectivity index (χ2v) is 9.09. The van der Waals surface area contributed by atoms with Gasteiger partial charge in [0.25, 0.3) is 5.91 Å². The van der Waals surface area contributed by atoms with E-state index in [9.17, 15) is 9.59 Å². The van der Waals surface area contributed by atoms with Crippen LogP contribution in [0.3, 0.4) is 0 Å². The first kappa shape index (κ1) is 23.3. The molecule has 2 heterocycles. The maximum atomic E-state index is 12.9. The fourth-order valence-corrected chi connectivity index (χ4v) is 3.83. The number of aromatic nitrogens is 4. The lowest BCUT2D eigenvalue weighted by atomic mass is 9.92. The molecule has 2 N–H and O–H groups in total. The van der Waals surface area contributed by atoms with E-state index in [4.69, 9.17) is 21.1 Å². The molecule has 0 fully saturated rings. The molecule has 0 aliphatic rings. The van der Waals surface area contributed by atoms with E-state index >= 15 is 0 Å². The fraction of sp³-hybridized carbons (Fsp3) is 0.250. The van der Waals surface area contributed by atoms with Gasteiger partial charge in [0.15, 0.2) is 17.2 Å². The number of fused-ring (bicyclic) bond motifs is 1. The van der Waals surface area contributed by atoms with Crippen LogP contribution in [0.5, 0.6) is 11.5 Å². The van der Waals surface area contributed by atoms with Gasteiger partial charge in [0.2, 0.25) is 0 Å². The number of esters is 1. The number of carbonyl (C=O) groups excluding carboxylic acids is 2. The maximum absolute atomic E-state index is 12.9. The number of rotatable bonds is 5. The average molecular weight is 482 g/mol. The predicted molar refractivity (Wildman–Crippen MR) is 129 cm³/mol. The number of anilines is 1. The number of methoxy groups -OCH3 is 1. The molecule has 0 aliphatic carbocycles. The zero-order chi connectivity index (χ0) is 24.6. The zero-order valence-corrected chi connectivity index (χ0v) is 20.1. The number of ether oxygens (including phenoxy) is 2. The van der Waals surface area contributed by atoms with Gasteiger partial charge in [-0.15, -0.1) is 9.73 Å². The van der Waals surface area contributed by atoms with Crippen LogP contribution in [0.25, 0.3) is 17.0 Å². The number of nitrogens with one attached hydrogen (secondary N) is 2. The smallest absolute Gasteiger partial charge is 0.308 e. The van der Waals surface area contributed by atoms with Crippen LogP contribution in [0, 0.1) is 0 Å². The van der Waals surface area contributed by atoms with Gasteiger partial charge in [-0.1, -0.05) is 38.4 Å². The lowest BCUT2D eigenvalue weighted by molar-refractivity contribution is -0.131. The lowest BCUT2D eigenvalue weighted by Crippen LogP contribution is -2.14. The number of hydrogen-bond donors (Lipinski definition) is 2. The van der Waals surface area contributed by atoms with Crippen molar-refractivity contribution >= 4 is 34.8 Å². The minimum absolute atomic E-state index is 0.205. The van der Waals surface area contributed by atoms with Crippen molar-refractivity contribution < 1.29 is 19.1 Å². The highest BCUT2D eigenvalue weighted by Crippen LogP contribution is 2.34. The first-order valence-electron chi connectivity index (χ1n) is 10.5. The second kappa shape index (κ2) is 8.83. The van der Waals surface area contributed by atoms with Crippen molar-refractivity contribution in [3.8, 4) is 22.9 Å². The Morgan fingerprint density at radius 3 is 2.53 bits per heavy atom. The SMILES string of the molecule is COc1cccc(C(=O)Nc2cc(-c3nn4nc(C(C)(C)C)c(Cl)c4[nH]3)ccc2OC(C)=O)c1. The van der Waals surface area contributed by atoms with E-state index in [1.165, 1.54) is 18.7 Å². The molecule has 0 unspecified atom stereocenters. The van der Waals surface area contributed by atoms with Gasteiger partial charge in [-0.05, 0) is 36.4 Å². The summed E-state index contributed by atoms with van der Waals surface area (Å²) in [4.78, 5) is 27.7. The molecule has 10 heteroatoms. The highest BCUT2D eigenvalue weighted by Gasteiger charge is 2.25. The molecule has 9 nitrogen and oxygen atoms in total. The summed E-state index contributed by atoms with van der Waals surface area (Å²) in [5.41, 5.74) is 2.38. The molecule has 0 saturated heterocycles. The van der Waals surface area contributed by atoms with Crippen LogP contribution >= 0.6 is 11.6 Å². The molecule has 34 heavy (non-hydrogen) atoms. The van der Waals surface area contributed by atoms with E-state index in [0.717, 1.165) is 5.69 Å². The summed E-state index contributed by atoms with van der Waals surface area (Å²) in [5.74, 6) is 0.333. The summed E-state index contributed by atoms with van der Waals surface area (Å²) < 4.78 is 11.9. The van der Waals surface area contributed by atoms with Crippen LogP contribution in [0.2, 0.25) is 5.02 Å². The summed E-state index contributed by atoms with van der Waals surface area (Å²) in [5, 5.41) is 12.3. The Labute approximate surface area is 201 Å². The van der Waals surface area contributed by atoms with Gasteiger partial charge in [0, 0.05) is 23.5 Å². The van der Waals surface area contributed by atoms with Crippen LogP contribution in [0.15, 0.2) is 42.5 Å². The molecule has 2 aromatic carbocycles. The average Bonchev–Trinajstić information content (AvgIpc) is 3.34. The van der Waals surface area contributed by atoms with Crippen molar-refractivity contribution in [3.63, 3.8) is 0 Å². The molecule has 2 aromatic heterocycles. The molecule has 1 amide bonds. The molecule has 0 aliphatic heterocycles. The zero-order valence-electron chi connectivity index (χ0n) is 19.4. The Bertz CT molecular complexity index is 1400. The topological polar surface area (TPSA) is 111 Å². The molecule has 0 saturated carbocycles. The minimum atomic E-state index is -0.511. The Morgan fingerprint density at radius 1 is 1.12 bits per heavy atom. The Hall–Kier alpha value is -3.85. The molecule has 4 aromatic rings. The largest absolute Gasteiger partial charge is 0.497 e. The van der Waals surface area contributed by atoms with Gasteiger partial charge in [0.1, 0.15) is 10.8 Å². The normalized spacial score (nSPS) is 11.5. The number of benzene rings is 2. The summed E-state index contributed by atoms with van der Waals surface area (Å²) in [6.45, 7) is 7.35.